The van der Waals surface area contributed by atoms with Crippen molar-refractivity contribution in [1.82, 2.24) is 10.2 Å². The average Bonchev–Trinajstić information content (AvgIpc) is 2.71. The summed E-state index contributed by atoms with van der Waals surface area (Å²) >= 11 is 0. The van der Waals surface area contributed by atoms with Crippen molar-refractivity contribution in [2.45, 2.75) is 31.3 Å². The van der Waals surface area contributed by atoms with Gasteiger partial charge >= 0.3 is 6.03 Å². The van der Waals surface area contributed by atoms with Gasteiger partial charge < -0.3 is 21.3 Å². The van der Waals surface area contributed by atoms with Gasteiger partial charge in [0.25, 0.3) is 0 Å². The summed E-state index contributed by atoms with van der Waals surface area (Å²) in [6.45, 7) is 1.17. The van der Waals surface area contributed by atoms with E-state index in [2.05, 4.69) is 10.6 Å². The van der Waals surface area contributed by atoms with Gasteiger partial charge in [0.15, 0.2) is 0 Å². The van der Waals surface area contributed by atoms with E-state index < -0.39 is 0 Å². The van der Waals surface area contributed by atoms with Crippen molar-refractivity contribution < 1.29 is 14.0 Å². The van der Waals surface area contributed by atoms with Crippen molar-refractivity contribution in [2.24, 2.45) is 5.73 Å². The van der Waals surface area contributed by atoms with Gasteiger partial charge in [-0.05, 0) is 42.7 Å². The SMILES string of the molecule is Cl.NC(CC(=O)N1CCC(NC(=O)Nc2ccc(F)cc2)CC1)c1ccccc1. The van der Waals surface area contributed by atoms with Gasteiger partial charge in [0.05, 0.1) is 0 Å². The van der Waals surface area contributed by atoms with Crippen LogP contribution in [0.25, 0.3) is 0 Å². The van der Waals surface area contributed by atoms with E-state index in [4.69, 9.17) is 5.73 Å². The van der Waals surface area contributed by atoms with Crippen LogP contribution in [0.15, 0.2) is 54.6 Å². The number of nitrogens with one attached hydrogen (secondary N) is 2. The predicted octanol–water partition coefficient (Wildman–Crippen LogP) is 3.45. The highest BCUT2D eigenvalue weighted by molar-refractivity contribution is 5.89. The fourth-order valence-electron chi connectivity index (χ4n) is 3.29. The maximum Gasteiger partial charge on any atom is 0.319 e. The smallest absolute Gasteiger partial charge is 0.319 e. The molecule has 3 rings (SSSR count). The number of piperidine rings is 1. The Morgan fingerprint density at radius 3 is 2.31 bits per heavy atom. The summed E-state index contributed by atoms with van der Waals surface area (Å²) in [6.07, 6.45) is 1.64. The zero-order valence-electron chi connectivity index (χ0n) is 16.0. The molecule has 1 atom stereocenters. The summed E-state index contributed by atoms with van der Waals surface area (Å²) in [6, 6.07) is 14.5. The molecule has 4 N–H and O–H groups in total. The molecule has 1 saturated heterocycles. The van der Waals surface area contributed by atoms with Crippen LogP contribution < -0.4 is 16.4 Å². The second kappa shape index (κ2) is 10.8. The third-order valence-electron chi connectivity index (χ3n) is 4.91. The summed E-state index contributed by atoms with van der Waals surface area (Å²) < 4.78 is 12.9. The van der Waals surface area contributed by atoms with Crippen molar-refractivity contribution in [2.75, 3.05) is 18.4 Å². The number of nitrogens with zero attached hydrogens (tertiary/aromatic N) is 1. The van der Waals surface area contributed by atoms with Gasteiger partial charge in [-0.15, -0.1) is 12.4 Å². The number of benzene rings is 2. The molecule has 0 radical (unpaired) electrons. The quantitative estimate of drug-likeness (QED) is 0.692. The highest BCUT2D eigenvalue weighted by Gasteiger charge is 2.25. The lowest BCUT2D eigenvalue weighted by Crippen LogP contribution is -2.47. The number of nitrogens with two attached hydrogens (primary N) is 1. The summed E-state index contributed by atoms with van der Waals surface area (Å²) in [5, 5.41) is 5.58. The van der Waals surface area contributed by atoms with Crippen molar-refractivity contribution in [3.8, 4) is 0 Å². The van der Waals surface area contributed by atoms with E-state index in [1.807, 2.05) is 30.3 Å². The first-order chi connectivity index (χ1) is 13.5. The van der Waals surface area contributed by atoms with E-state index in [1.54, 1.807) is 4.90 Å². The summed E-state index contributed by atoms with van der Waals surface area (Å²) in [5.41, 5.74) is 7.62. The monoisotopic (exact) mass is 420 g/mol. The molecule has 2 aromatic carbocycles. The molecular formula is C21H26ClFN4O2. The van der Waals surface area contributed by atoms with Crippen molar-refractivity contribution in [3.05, 3.63) is 66.0 Å². The molecule has 2 aromatic rings. The molecule has 0 aromatic heterocycles. The fourth-order valence-corrected chi connectivity index (χ4v) is 3.29. The Morgan fingerprint density at radius 1 is 1.07 bits per heavy atom. The maximum atomic E-state index is 12.9. The van der Waals surface area contributed by atoms with E-state index in [9.17, 15) is 14.0 Å². The molecule has 0 bridgehead atoms. The first kappa shape index (κ1) is 22.6. The number of rotatable bonds is 5. The number of likely N-dealkylation sites (tertiary alicyclic amines) is 1. The molecule has 0 saturated carbocycles. The Kier molecular flexibility index (Phi) is 8.42. The standard InChI is InChI=1S/C21H25FN4O2.ClH/c22-16-6-8-17(9-7-16)24-21(28)25-18-10-12-26(13-11-18)20(27)14-19(23)15-4-2-1-3-5-15;/h1-9,18-19H,10-14,23H2,(H2,24,25,28);1H. The second-order valence-electron chi connectivity index (χ2n) is 6.98. The van der Waals surface area contributed by atoms with E-state index >= 15 is 0 Å². The number of halogens is 2. The molecule has 3 amide bonds. The van der Waals surface area contributed by atoms with Gasteiger partial charge in [0.2, 0.25) is 5.91 Å². The first-order valence-electron chi connectivity index (χ1n) is 9.42. The number of amides is 3. The number of carbonyl (C=O) groups is 2. The Bertz CT molecular complexity index is 796. The topological polar surface area (TPSA) is 87.5 Å². The summed E-state index contributed by atoms with van der Waals surface area (Å²) in [5.74, 6) is -0.319. The molecule has 1 fully saturated rings. The maximum absolute atomic E-state index is 12.9. The first-order valence-corrected chi connectivity index (χ1v) is 9.42. The third kappa shape index (κ3) is 6.73. The van der Waals surface area contributed by atoms with Gasteiger partial charge in [0, 0.05) is 37.3 Å². The molecule has 156 valence electrons. The van der Waals surface area contributed by atoms with E-state index in [-0.39, 0.29) is 48.7 Å². The molecule has 8 heteroatoms. The number of anilines is 1. The molecule has 1 unspecified atom stereocenters. The molecule has 1 aliphatic heterocycles. The molecule has 29 heavy (non-hydrogen) atoms. The minimum atomic E-state index is -0.352. The van der Waals surface area contributed by atoms with Crippen LogP contribution in [0.3, 0.4) is 0 Å². The van der Waals surface area contributed by atoms with Crippen LogP contribution in [-0.2, 0) is 4.79 Å². The molecule has 1 heterocycles. The Balaban J connectivity index is 0.00000300. The largest absolute Gasteiger partial charge is 0.342 e. The van der Waals surface area contributed by atoms with Crippen molar-refractivity contribution in [3.63, 3.8) is 0 Å². The average molecular weight is 421 g/mol. The lowest BCUT2D eigenvalue weighted by Gasteiger charge is -2.33. The Labute approximate surface area is 176 Å². The minimum absolute atomic E-state index is 0. The normalized spacial score (nSPS) is 15.2. The number of carbonyl (C=O) groups excluding carboxylic acids is 2. The van der Waals surface area contributed by atoms with Crippen LogP contribution in [0.4, 0.5) is 14.9 Å². The van der Waals surface area contributed by atoms with Crippen LogP contribution in [0, 0.1) is 5.82 Å². The van der Waals surface area contributed by atoms with Crippen molar-refractivity contribution in [1.29, 1.82) is 0 Å². The highest BCUT2D eigenvalue weighted by Crippen LogP contribution is 2.18. The second-order valence-corrected chi connectivity index (χ2v) is 6.98. The van der Waals surface area contributed by atoms with Gasteiger partial charge in [-0.2, -0.15) is 0 Å². The molecule has 0 spiro atoms. The zero-order chi connectivity index (χ0) is 19.9. The predicted molar refractivity (Wildman–Crippen MR) is 113 cm³/mol. The van der Waals surface area contributed by atoms with Crippen LogP contribution in [-0.4, -0.2) is 36.0 Å². The Morgan fingerprint density at radius 2 is 1.69 bits per heavy atom. The van der Waals surface area contributed by atoms with Crippen LogP contribution in [0.1, 0.15) is 30.9 Å². The van der Waals surface area contributed by atoms with Gasteiger partial charge in [-0.25, -0.2) is 9.18 Å². The fraction of sp³-hybridized carbons (Fsp3) is 0.333. The van der Waals surface area contributed by atoms with Gasteiger partial charge in [-0.3, -0.25) is 4.79 Å². The lowest BCUT2D eigenvalue weighted by molar-refractivity contribution is -0.132. The molecule has 6 nitrogen and oxygen atoms in total. The van der Waals surface area contributed by atoms with Crippen LogP contribution in [0.2, 0.25) is 0 Å². The molecular weight excluding hydrogens is 395 g/mol. The van der Waals surface area contributed by atoms with Gasteiger partial charge in [-0.1, -0.05) is 30.3 Å². The van der Waals surface area contributed by atoms with E-state index in [0.29, 0.717) is 31.6 Å². The van der Waals surface area contributed by atoms with Gasteiger partial charge in [0.1, 0.15) is 5.82 Å². The van der Waals surface area contributed by atoms with E-state index in [0.717, 1.165) is 5.56 Å². The molecule has 1 aliphatic rings. The number of hydrogen-bond donors (Lipinski definition) is 3. The summed E-state index contributed by atoms with van der Waals surface area (Å²) in [4.78, 5) is 26.4. The van der Waals surface area contributed by atoms with E-state index in [1.165, 1.54) is 24.3 Å². The summed E-state index contributed by atoms with van der Waals surface area (Å²) in [7, 11) is 0. The number of urea groups is 1. The third-order valence-corrected chi connectivity index (χ3v) is 4.91. The van der Waals surface area contributed by atoms with Crippen LogP contribution in [0.5, 0.6) is 0 Å². The van der Waals surface area contributed by atoms with Crippen molar-refractivity contribution >= 4 is 30.0 Å². The molecule has 0 aliphatic carbocycles. The highest BCUT2D eigenvalue weighted by atomic mass is 35.5. The number of hydrogen-bond acceptors (Lipinski definition) is 3. The minimum Gasteiger partial charge on any atom is -0.342 e. The lowest BCUT2D eigenvalue weighted by atomic mass is 10.0. The zero-order valence-corrected chi connectivity index (χ0v) is 16.8. The van der Waals surface area contributed by atoms with Crippen LogP contribution >= 0.6 is 12.4 Å². The Hall–Kier alpha value is -2.64.